The van der Waals surface area contributed by atoms with E-state index in [1.165, 1.54) is 21.1 Å². The Kier molecular flexibility index (Phi) is 11.6. The number of hydrogen-bond acceptors (Lipinski definition) is 3. The summed E-state index contributed by atoms with van der Waals surface area (Å²) in [4.78, 5) is 4.45. The SMILES string of the molecule is [Ir+3].[N-]=C=S.[N-]=C=S.[c-]1ccccc1-c1cc2ccccc2cn1. The third kappa shape index (κ3) is 7.27. The van der Waals surface area contributed by atoms with E-state index in [9.17, 15) is 0 Å². The van der Waals surface area contributed by atoms with Crippen LogP contribution in [0.25, 0.3) is 32.8 Å². The topological polar surface area (TPSA) is 57.5 Å². The van der Waals surface area contributed by atoms with Crippen LogP contribution in [0.2, 0.25) is 0 Å². The van der Waals surface area contributed by atoms with E-state index in [4.69, 9.17) is 10.8 Å². The molecule has 114 valence electrons. The van der Waals surface area contributed by atoms with Crippen molar-refractivity contribution >= 4 is 45.5 Å². The first-order chi connectivity index (χ1) is 10.8. The smallest absolute Gasteiger partial charge is 0.753 e. The molecule has 0 bridgehead atoms. The fraction of sp³-hybridized carbons (Fsp3) is 0. The molecule has 0 spiro atoms. The standard InChI is InChI=1S/C15H10N.2CNS.Ir/c1-2-6-12(7-3-1)15-10-13-8-4-5-9-14(13)11-16-15;2*2-1-3;/h1-6,8-11H;;;/q3*-1;+3. The Morgan fingerprint density at radius 3 is 2.04 bits per heavy atom. The zero-order chi connectivity index (χ0) is 16.2. The van der Waals surface area contributed by atoms with Crippen LogP contribution in [-0.4, -0.2) is 15.3 Å². The summed E-state index contributed by atoms with van der Waals surface area (Å²) in [5.41, 5.74) is 2.01. The summed E-state index contributed by atoms with van der Waals surface area (Å²) in [5.74, 6) is 0. The van der Waals surface area contributed by atoms with Crippen molar-refractivity contribution in [1.29, 1.82) is 0 Å². The predicted octanol–water partition coefficient (Wildman–Crippen LogP) is 5.02. The van der Waals surface area contributed by atoms with Gasteiger partial charge in [0.05, 0.1) is 0 Å². The summed E-state index contributed by atoms with van der Waals surface area (Å²) >= 11 is 7.40. The maximum absolute atomic E-state index is 7.13. The van der Waals surface area contributed by atoms with Gasteiger partial charge in [0.25, 0.3) is 0 Å². The van der Waals surface area contributed by atoms with E-state index in [1.54, 1.807) is 0 Å². The van der Waals surface area contributed by atoms with Gasteiger partial charge < -0.3 is 15.8 Å². The van der Waals surface area contributed by atoms with Gasteiger partial charge in [-0.25, -0.2) is 0 Å². The second-order valence-corrected chi connectivity index (χ2v) is 4.24. The molecule has 3 rings (SSSR count). The van der Waals surface area contributed by atoms with E-state index in [-0.39, 0.29) is 20.1 Å². The number of benzene rings is 2. The Labute approximate surface area is 159 Å². The molecule has 0 aliphatic heterocycles. The normalized spacial score (nSPS) is 8.00. The molecular weight excluding hydrogens is 503 g/mol. The summed E-state index contributed by atoms with van der Waals surface area (Å²) in [7, 11) is 0. The summed E-state index contributed by atoms with van der Waals surface area (Å²) in [6.45, 7) is 0. The molecule has 3 aromatic rings. The quantitative estimate of drug-likeness (QED) is 0.262. The van der Waals surface area contributed by atoms with E-state index in [1.807, 2.05) is 42.6 Å². The molecular formula is C17H10IrN3S2. The minimum absolute atomic E-state index is 0. The Morgan fingerprint density at radius 2 is 1.48 bits per heavy atom. The molecule has 0 N–H and O–H groups in total. The van der Waals surface area contributed by atoms with Crippen LogP contribution < -0.4 is 0 Å². The monoisotopic (exact) mass is 513 g/mol. The van der Waals surface area contributed by atoms with Crippen LogP contribution in [0.1, 0.15) is 0 Å². The molecule has 0 fully saturated rings. The third-order valence-corrected chi connectivity index (χ3v) is 2.62. The maximum Gasteiger partial charge on any atom is 3.00 e. The molecule has 0 saturated carbocycles. The number of pyridine rings is 1. The van der Waals surface area contributed by atoms with Crippen molar-refractivity contribution in [2.45, 2.75) is 0 Å². The largest absolute Gasteiger partial charge is 3.00 e. The Balaban J connectivity index is 0.000000610. The zero-order valence-corrected chi connectivity index (χ0v) is 15.8. The maximum atomic E-state index is 7.13. The molecule has 0 aliphatic carbocycles. The van der Waals surface area contributed by atoms with Crippen molar-refractivity contribution in [2.75, 3.05) is 0 Å². The average Bonchev–Trinajstić information content (AvgIpc) is 2.57. The van der Waals surface area contributed by atoms with Crippen molar-refractivity contribution in [1.82, 2.24) is 4.98 Å². The van der Waals surface area contributed by atoms with Gasteiger partial charge in [0.2, 0.25) is 0 Å². The molecule has 2 aromatic carbocycles. The number of rotatable bonds is 1. The van der Waals surface area contributed by atoms with Crippen molar-refractivity contribution in [3.8, 4) is 11.3 Å². The van der Waals surface area contributed by atoms with Crippen molar-refractivity contribution < 1.29 is 20.1 Å². The molecule has 23 heavy (non-hydrogen) atoms. The molecule has 0 unspecified atom stereocenters. The van der Waals surface area contributed by atoms with Crippen molar-refractivity contribution in [3.63, 3.8) is 0 Å². The number of aromatic nitrogens is 1. The number of hydrogen-bond donors (Lipinski definition) is 0. The Bertz CT molecular complexity index is 783. The van der Waals surface area contributed by atoms with E-state index >= 15 is 0 Å². The average molecular weight is 513 g/mol. The molecule has 0 amide bonds. The first-order valence-corrected chi connectivity index (χ1v) is 6.92. The van der Waals surface area contributed by atoms with E-state index in [0.717, 1.165) is 11.3 Å². The second-order valence-electron chi connectivity index (χ2n) is 3.88. The van der Waals surface area contributed by atoms with E-state index in [0.29, 0.717) is 0 Å². The fourth-order valence-electron chi connectivity index (χ4n) is 1.78. The van der Waals surface area contributed by atoms with Gasteiger partial charge in [0, 0.05) is 6.20 Å². The Morgan fingerprint density at radius 1 is 0.913 bits per heavy atom. The zero-order valence-electron chi connectivity index (χ0n) is 11.8. The number of thiocarbonyl (C=S) groups is 2. The molecule has 0 atom stereocenters. The molecule has 3 nitrogen and oxygen atoms in total. The molecule has 0 radical (unpaired) electrons. The first-order valence-electron chi connectivity index (χ1n) is 6.11. The fourth-order valence-corrected chi connectivity index (χ4v) is 1.78. The minimum Gasteiger partial charge on any atom is -0.753 e. The molecule has 1 heterocycles. The van der Waals surface area contributed by atoms with Gasteiger partial charge in [0.15, 0.2) is 0 Å². The van der Waals surface area contributed by atoms with Gasteiger partial charge in [-0.1, -0.05) is 54.8 Å². The van der Waals surface area contributed by atoms with E-state index in [2.05, 4.69) is 53.7 Å². The van der Waals surface area contributed by atoms with Gasteiger partial charge in [-0.3, -0.25) is 0 Å². The summed E-state index contributed by atoms with van der Waals surface area (Å²) in [6, 6.07) is 21.4. The Hall–Kier alpha value is -1.90. The number of nitrogens with zero attached hydrogens (tertiary/aromatic N) is 3. The van der Waals surface area contributed by atoms with Gasteiger partial charge in [-0.2, -0.15) is 10.3 Å². The summed E-state index contributed by atoms with van der Waals surface area (Å²) in [6.07, 6.45) is 1.91. The van der Waals surface area contributed by atoms with Crippen LogP contribution in [0.4, 0.5) is 0 Å². The van der Waals surface area contributed by atoms with Gasteiger partial charge >= 0.3 is 20.1 Å². The molecule has 0 saturated heterocycles. The molecule has 1 aromatic heterocycles. The minimum atomic E-state index is 0. The van der Waals surface area contributed by atoms with Gasteiger partial charge in [-0.15, -0.1) is 35.9 Å². The van der Waals surface area contributed by atoms with Gasteiger partial charge in [0.1, 0.15) is 0 Å². The van der Waals surface area contributed by atoms with Crippen LogP contribution in [-0.2, 0) is 20.1 Å². The van der Waals surface area contributed by atoms with Gasteiger partial charge in [-0.05, 0) is 16.5 Å². The van der Waals surface area contributed by atoms with E-state index < -0.39 is 0 Å². The second kappa shape index (κ2) is 12.6. The van der Waals surface area contributed by atoms with Crippen LogP contribution in [0, 0.1) is 6.07 Å². The van der Waals surface area contributed by atoms with Crippen molar-refractivity contribution in [2.24, 2.45) is 0 Å². The van der Waals surface area contributed by atoms with Crippen LogP contribution in [0.5, 0.6) is 0 Å². The third-order valence-electron chi connectivity index (χ3n) is 2.62. The van der Waals surface area contributed by atoms with Crippen LogP contribution in [0.15, 0.2) is 60.8 Å². The van der Waals surface area contributed by atoms with Crippen molar-refractivity contribution in [3.05, 3.63) is 77.7 Å². The molecule has 0 aliphatic rings. The van der Waals surface area contributed by atoms with Crippen LogP contribution >= 0.6 is 24.4 Å². The number of fused-ring (bicyclic) bond motifs is 1. The number of isothiocyanates is 2. The summed E-state index contributed by atoms with van der Waals surface area (Å²) in [5, 5.41) is 19.3. The first kappa shape index (κ1) is 21.1. The predicted molar refractivity (Wildman–Crippen MR) is 97.9 cm³/mol. The molecule has 6 heteroatoms. The van der Waals surface area contributed by atoms with Crippen LogP contribution in [0.3, 0.4) is 0 Å². The summed E-state index contributed by atoms with van der Waals surface area (Å²) < 4.78 is 0.